The van der Waals surface area contributed by atoms with E-state index in [1.54, 1.807) is 0 Å². The first kappa shape index (κ1) is 21.4. The summed E-state index contributed by atoms with van der Waals surface area (Å²) in [6.07, 6.45) is 5.53. The first-order valence-corrected chi connectivity index (χ1v) is 10.2. The van der Waals surface area contributed by atoms with E-state index in [9.17, 15) is 4.79 Å². The molecule has 0 amide bonds. The number of ether oxygens (including phenoxy) is 1. The third-order valence-electron chi connectivity index (χ3n) is 5.05. The largest absolute Gasteiger partial charge is 0.465 e. The molecule has 3 rings (SSSR count). The molecule has 1 aliphatic carbocycles. The second-order valence-electron chi connectivity index (χ2n) is 7.36. The molecule has 0 aromatic carbocycles. The van der Waals surface area contributed by atoms with Crippen LogP contribution in [0.15, 0.2) is 0 Å². The van der Waals surface area contributed by atoms with Crippen molar-refractivity contribution in [2.75, 3.05) is 46.4 Å². The van der Waals surface area contributed by atoms with Crippen molar-refractivity contribution in [3.63, 3.8) is 0 Å². The molecule has 0 aromatic rings. The monoisotopic (exact) mass is 340 g/mol. The van der Waals surface area contributed by atoms with Crippen LogP contribution in [0.4, 0.5) is 0 Å². The Morgan fingerprint density at radius 3 is 2.04 bits per heavy atom. The molecule has 0 bridgehead atoms. The van der Waals surface area contributed by atoms with Crippen molar-refractivity contribution in [2.24, 2.45) is 17.8 Å². The second kappa shape index (κ2) is 11.9. The maximum Gasteiger partial charge on any atom is 0.308 e. The molecule has 0 radical (unpaired) electrons. The van der Waals surface area contributed by atoms with Crippen LogP contribution in [0.25, 0.3) is 0 Å². The van der Waals surface area contributed by atoms with Crippen LogP contribution in [0.1, 0.15) is 59.8 Å². The van der Waals surface area contributed by atoms with Gasteiger partial charge in [-0.25, -0.2) is 0 Å². The number of carbonyl (C=O) groups excluding carboxylic acids is 1. The average Bonchev–Trinajstić information content (AvgIpc) is 3.01. The van der Waals surface area contributed by atoms with Crippen molar-refractivity contribution in [2.45, 2.75) is 59.8 Å². The summed E-state index contributed by atoms with van der Waals surface area (Å²) >= 11 is 0. The van der Waals surface area contributed by atoms with Crippen molar-refractivity contribution in [1.29, 1.82) is 0 Å². The molecule has 2 unspecified atom stereocenters. The maximum atomic E-state index is 11.6. The highest BCUT2D eigenvalue weighted by molar-refractivity contribution is 5.73. The Balaban J connectivity index is 0.000000521. The van der Waals surface area contributed by atoms with Gasteiger partial charge in [-0.3, -0.25) is 4.79 Å². The Morgan fingerprint density at radius 1 is 1.04 bits per heavy atom. The van der Waals surface area contributed by atoms with Gasteiger partial charge in [-0.2, -0.15) is 0 Å². The van der Waals surface area contributed by atoms with E-state index >= 15 is 0 Å². The lowest BCUT2D eigenvalue weighted by atomic mass is 9.86. The van der Waals surface area contributed by atoms with Gasteiger partial charge in [-0.1, -0.05) is 40.5 Å². The van der Waals surface area contributed by atoms with Gasteiger partial charge in [0.25, 0.3) is 0 Å². The zero-order valence-corrected chi connectivity index (χ0v) is 16.7. The highest BCUT2D eigenvalue weighted by atomic mass is 16.5. The Labute approximate surface area is 149 Å². The molecule has 3 aliphatic rings. The molecule has 1 saturated carbocycles. The third-order valence-corrected chi connectivity index (χ3v) is 5.05. The van der Waals surface area contributed by atoms with E-state index in [0.29, 0.717) is 6.61 Å². The Morgan fingerprint density at radius 2 is 1.58 bits per heavy atom. The van der Waals surface area contributed by atoms with Crippen molar-refractivity contribution in [3.05, 3.63) is 0 Å². The number of likely N-dealkylation sites (tertiary alicyclic amines) is 2. The predicted octanol–water partition coefficient (Wildman–Crippen LogP) is 3.66. The van der Waals surface area contributed by atoms with Crippen LogP contribution in [0.5, 0.6) is 0 Å². The standard InChI is InChI=1S/C15H26N2O2.C3H8.C2H6/c1-16-8-13-10-17(11-14(13)9-16)6-3-7-19-15(18)12-4-2-5-12;1-3-2;1-2/h12-14H,2-11H2,1H3;3H2,1-2H3;1-2H3. The van der Waals surface area contributed by atoms with Crippen molar-refractivity contribution in [3.8, 4) is 0 Å². The van der Waals surface area contributed by atoms with Crippen molar-refractivity contribution < 1.29 is 9.53 Å². The number of fused-ring (bicyclic) bond motifs is 1. The van der Waals surface area contributed by atoms with E-state index in [2.05, 4.69) is 30.7 Å². The van der Waals surface area contributed by atoms with Crippen LogP contribution < -0.4 is 0 Å². The van der Waals surface area contributed by atoms with Gasteiger partial charge in [0, 0.05) is 32.7 Å². The van der Waals surface area contributed by atoms with E-state index in [4.69, 9.17) is 4.74 Å². The van der Waals surface area contributed by atoms with E-state index in [1.165, 1.54) is 39.0 Å². The molecular weight excluding hydrogens is 300 g/mol. The summed E-state index contributed by atoms with van der Waals surface area (Å²) in [5.74, 6) is 2.03. The van der Waals surface area contributed by atoms with Gasteiger partial charge in [0.1, 0.15) is 0 Å². The van der Waals surface area contributed by atoms with Crippen LogP contribution in [0.2, 0.25) is 0 Å². The quantitative estimate of drug-likeness (QED) is 0.565. The van der Waals surface area contributed by atoms with E-state index < -0.39 is 0 Å². The third kappa shape index (κ3) is 6.72. The Hall–Kier alpha value is -0.610. The van der Waals surface area contributed by atoms with Crippen LogP contribution in [-0.4, -0.2) is 62.1 Å². The second-order valence-corrected chi connectivity index (χ2v) is 7.36. The minimum Gasteiger partial charge on any atom is -0.465 e. The van der Waals surface area contributed by atoms with Crippen LogP contribution in [-0.2, 0) is 9.53 Å². The Kier molecular flexibility index (Phi) is 10.6. The number of nitrogens with zero attached hydrogens (tertiary/aromatic N) is 2. The lowest BCUT2D eigenvalue weighted by Crippen LogP contribution is -2.29. The topological polar surface area (TPSA) is 32.8 Å². The van der Waals surface area contributed by atoms with Gasteiger partial charge in [0.15, 0.2) is 0 Å². The van der Waals surface area contributed by atoms with Crippen molar-refractivity contribution in [1.82, 2.24) is 9.80 Å². The summed E-state index contributed by atoms with van der Waals surface area (Å²) in [6, 6.07) is 0. The summed E-state index contributed by atoms with van der Waals surface area (Å²) < 4.78 is 5.34. The van der Waals surface area contributed by atoms with Gasteiger partial charge in [0.05, 0.1) is 12.5 Å². The van der Waals surface area contributed by atoms with Crippen LogP contribution in [0.3, 0.4) is 0 Å². The summed E-state index contributed by atoms with van der Waals surface area (Å²) in [7, 11) is 2.22. The molecule has 3 fully saturated rings. The summed E-state index contributed by atoms with van der Waals surface area (Å²) in [5, 5.41) is 0. The van der Waals surface area contributed by atoms with Gasteiger partial charge < -0.3 is 14.5 Å². The van der Waals surface area contributed by atoms with Gasteiger partial charge in [-0.05, 0) is 38.1 Å². The fraction of sp³-hybridized carbons (Fsp3) is 0.950. The molecule has 0 N–H and O–H groups in total. The number of esters is 1. The number of hydrogen-bond donors (Lipinski definition) is 0. The molecule has 2 heterocycles. The summed E-state index contributed by atoms with van der Waals surface area (Å²) in [6.45, 7) is 15.0. The van der Waals surface area contributed by atoms with Crippen LogP contribution in [0, 0.1) is 17.8 Å². The lowest BCUT2D eigenvalue weighted by Gasteiger charge is -2.23. The predicted molar refractivity (Wildman–Crippen MR) is 101 cm³/mol. The highest BCUT2D eigenvalue weighted by Gasteiger charge is 2.38. The van der Waals surface area contributed by atoms with Gasteiger partial charge in [-0.15, -0.1) is 0 Å². The summed E-state index contributed by atoms with van der Waals surface area (Å²) in [5.41, 5.74) is 0. The minimum atomic E-state index is 0.0474. The average molecular weight is 341 g/mol. The molecule has 0 aromatic heterocycles. The first-order chi connectivity index (χ1) is 11.6. The smallest absolute Gasteiger partial charge is 0.308 e. The van der Waals surface area contributed by atoms with E-state index in [1.807, 2.05) is 13.8 Å². The zero-order chi connectivity index (χ0) is 17.9. The van der Waals surface area contributed by atoms with Crippen molar-refractivity contribution >= 4 is 5.97 Å². The van der Waals surface area contributed by atoms with Gasteiger partial charge >= 0.3 is 5.97 Å². The molecule has 2 aliphatic heterocycles. The highest BCUT2D eigenvalue weighted by Crippen LogP contribution is 2.30. The molecular formula is C20H40N2O2. The van der Waals surface area contributed by atoms with Crippen LogP contribution >= 0.6 is 0 Å². The number of hydrogen-bond acceptors (Lipinski definition) is 4. The normalized spacial score (nSPS) is 26.5. The number of carbonyl (C=O) groups is 1. The molecule has 142 valence electrons. The van der Waals surface area contributed by atoms with Gasteiger partial charge in [0.2, 0.25) is 0 Å². The molecule has 0 spiro atoms. The lowest BCUT2D eigenvalue weighted by molar-refractivity contribution is -0.151. The fourth-order valence-electron chi connectivity index (χ4n) is 3.73. The summed E-state index contributed by atoms with van der Waals surface area (Å²) in [4.78, 5) is 16.6. The maximum absolute atomic E-state index is 11.6. The fourth-order valence-corrected chi connectivity index (χ4v) is 3.73. The molecule has 2 atom stereocenters. The number of rotatable bonds is 5. The zero-order valence-electron chi connectivity index (χ0n) is 16.7. The molecule has 4 heteroatoms. The molecule has 2 saturated heterocycles. The van der Waals surface area contributed by atoms with E-state index in [-0.39, 0.29) is 11.9 Å². The Bertz CT molecular complexity index is 331. The molecule has 24 heavy (non-hydrogen) atoms. The van der Waals surface area contributed by atoms with E-state index in [0.717, 1.165) is 37.6 Å². The SMILES string of the molecule is CC.CCC.CN1CC2CN(CCCOC(=O)C3CCC3)CC2C1. The molecule has 4 nitrogen and oxygen atoms in total. The minimum absolute atomic E-state index is 0.0474. The first-order valence-electron chi connectivity index (χ1n) is 10.2.